The standard InChI is InChI=1S/C15H16BrFN2S/c1-2-18-12-4-3-5-13-14(12)20-15(19-13)9-6-10(16)8-11(17)7-9/h6-8,12,18H,2-5H2,1H3. The minimum Gasteiger partial charge on any atom is -0.309 e. The third kappa shape index (κ3) is 2.80. The molecule has 0 spiro atoms. The summed E-state index contributed by atoms with van der Waals surface area (Å²) in [5.41, 5.74) is 2.04. The number of hydrogen-bond acceptors (Lipinski definition) is 3. The van der Waals surface area contributed by atoms with Crippen LogP contribution in [0.3, 0.4) is 0 Å². The average molecular weight is 355 g/mol. The zero-order chi connectivity index (χ0) is 14.1. The fraction of sp³-hybridized carbons (Fsp3) is 0.400. The molecular formula is C15H16BrFN2S. The molecular weight excluding hydrogens is 339 g/mol. The van der Waals surface area contributed by atoms with E-state index in [4.69, 9.17) is 4.98 Å². The number of halogens is 2. The zero-order valence-corrected chi connectivity index (χ0v) is 13.7. The van der Waals surface area contributed by atoms with E-state index in [1.54, 1.807) is 17.4 Å². The van der Waals surface area contributed by atoms with Gasteiger partial charge in [0, 0.05) is 21.0 Å². The lowest BCUT2D eigenvalue weighted by Gasteiger charge is -2.21. The van der Waals surface area contributed by atoms with E-state index in [0.717, 1.165) is 34.4 Å². The van der Waals surface area contributed by atoms with Gasteiger partial charge in [-0.25, -0.2) is 9.37 Å². The lowest BCUT2D eigenvalue weighted by molar-refractivity contribution is 0.476. The summed E-state index contributed by atoms with van der Waals surface area (Å²) in [5.74, 6) is -0.231. The summed E-state index contributed by atoms with van der Waals surface area (Å²) in [5, 5.41) is 4.43. The van der Waals surface area contributed by atoms with Crippen LogP contribution in [-0.4, -0.2) is 11.5 Å². The highest BCUT2D eigenvalue weighted by molar-refractivity contribution is 9.10. The van der Waals surface area contributed by atoms with Crippen molar-refractivity contribution in [2.24, 2.45) is 0 Å². The van der Waals surface area contributed by atoms with Crippen molar-refractivity contribution in [1.82, 2.24) is 10.3 Å². The Hall–Kier alpha value is -0.780. The minimum absolute atomic E-state index is 0.231. The predicted molar refractivity (Wildman–Crippen MR) is 84.6 cm³/mol. The topological polar surface area (TPSA) is 24.9 Å². The molecule has 1 aromatic heterocycles. The fourth-order valence-corrected chi connectivity index (χ4v) is 4.34. The molecule has 0 aliphatic heterocycles. The molecule has 1 aliphatic carbocycles. The highest BCUT2D eigenvalue weighted by atomic mass is 79.9. The van der Waals surface area contributed by atoms with E-state index in [9.17, 15) is 4.39 Å². The van der Waals surface area contributed by atoms with Crippen LogP contribution in [0.15, 0.2) is 22.7 Å². The molecule has 0 amide bonds. The van der Waals surface area contributed by atoms with Gasteiger partial charge < -0.3 is 5.32 Å². The van der Waals surface area contributed by atoms with E-state index in [0.29, 0.717) is 6.04 Å². The van der Waals surface area contributed by atoms with E-state index >= 15 is 0 Å². The number of benzene rings is 1. The average Bonchev–Trinajstić information content (AvgIpc) is 2.83. The van der Waals surface area contributed by atoms with Crippen LogP contribution in [0.4, 0.5) is 4.39 Å². The van der Waals surface area contributed by atoms with E-state index in [2.05, 4.69) is 28.2 Å². The molecule has 0 saturated heterocycles. The minimum atomic E-state index is -0.231. The normalized spacial score (nSPS) is 18.1. The molecule has 1 heterocycles. The number of rotatable bonds is 3. The molecule has 0 bridgehead atoms. The van der Waals surface area contributed by atoms with Crippen molar-refractivity contribution >= 4 is 27.3 Å². The largest absolute Gasteiger partial charge is 0.309 e. The molecule has 1 aromatic carbocycles. The first-order valence-corrected chi connectivity index (χ1v) is 8.47. The smallest absolute Gasteiger partial charge is 0.125 e. The van der Waals surface area contributed by atoms with Gasteiger partial charge in [0.05, 0.1) is 5.69 Å². The van der Waals surface area contributed by atoms with Crippen LogP contribution in [0.25, 0.3) is 10.6 Å². The van der Waals surface area contributed by atoms with Crippen LogP contribution < -0.4 is 5.32 Å². The SMILES string of the molecule is CCNC1CCCc2nc(-c3cc(F)cc(Br)c3)sc21. The van der Waals surface area contributed by atoms with Crippen molar-refractivity contribution in [3.05, 3.63) is 39.1 Å². The molecule has 5 heteroatoms. The third-order valence-corrected chi connectivity index (χ3v) is 5.23. The lowest BCUT2D eigenvalue weighted by atomic mass is 9.98. The van der Waals surface area contributed by atoms with Gasteiger partial charge in [-0.1, -0.05) is 22.9 Å². The summed E-state index contributed by atoms with van der Waals surface area (Å²) in [6.07, 6.45) is 3.36. The van der Waals surface area contributed by atoms with E-state index in [1.165, 1.54) is 23.1 Å². The molecule has 2 nitrogen and oxygen atoms in total. The Morgan fingerprint density at radius 1 is 1.45 bits per heavy atom. The first-order valence-electron chi connectivity index (χ1n) is 6.87. The van der Waals surface area contributed by atoms with Gasteiger partial charge in [-0.15, -0.1) is 11.3 Å². The molecule has 1 unspecified atom stereocenters. The van der Waals surface area contributed by atoms with Crippen LogP contribution in [-0.2, 0) is 6.42 Å². The molecule has 0 fully saturated rings. The Bertz CT molecular complexity index is 606. The summed E-state index contributed by atoms with van der Waals surface area (Å²) in [7, 11) is 0. The second kappa shape index (κ2) is 5.92. The molecule has 106 valence electrons. The van der Waals surface area contributed by atoms with Crippen molar-refractivity contribution in [3.63, 3.8) is 0 Å². The summed E-state index contributed by atoms with van der Waals surface area (Å²) in [6.45, 7) is 3.09. The quantitative estimate of drug-likeness (QED) is 0.863. The molecule has 0 saturated carbocycles. The third-order valence-electron chi connectivity index (χ3n) is 3.51. The maximum absolute atomic E-state index is 13.5. The van der Waals surface area contributed by atoms with Crippen LogP contribution in [0, 0.1) is 5.82 Å². The molecule has 1 aliphatic rings. The number of aryl methyl sites for hydroxylation is 1. The van der Waals surface area contributed by atoms with E-state index in [1.807, 2.05) is 6.07 Å². The number of nitrogens with zero attached hydrogens (tertiary/aromatic N) is 1. The van der Waals surface area contributed by atoms with Crippen LogP contribution in [0.5, 0.6) is 0 Å². The van der Waals surface area contributed by atoms with Crippen LogP contribution in [0.2, 0.25) is 0 Å². The molecule has 1 atom stereocenters. The van der Waals surface area contributed by atoms with Gasteiger partial charge in [0.25, 0.3) is 0 Å². The van der Waals surface area contributed by atoms with Gasteiger partial charge in [0.2, 0.25) is 0 Å². The molecule has 0 radical (unpaired) electrons. The van der Waals surface area contributed by atoms with Gasteiger partial charge in [-0.3, -0.25) is 0 Å². The summed E-state index contributed by atoms with van der Waals surface area (Å²) in [4.78, 5) is 6.05. The van der Waals surface area contributed by atoms with E-state index in [-0.39, 0.29) is 5.82 Å². The number of aromatic nitrogens is 1. The second-order valence-corrected chi connectivity index (χ2v) is 6.94. The van der Waals surface area contributed by atoms with E-state index < -0.39 is 0 Å². The Morgan fingerprint density at radius 2 is 2.30 bits per heavy atom. The summed E-state index contributed by atoms with van der Waals surface area (Å²) >= 11 is 5.04. The Kier molecular flexibility index (Phi) is 4.19. The first kappa shape index (κ1) is 14.2. The van der Waals surface area contributed by atoms with Gasteiger partial charge >= 0.3 is 0 Å². The lowest BCUT2D eigenvalue weighted by Crippen LogP contribution is -2.23. The van der Waals surface area contributed by atoms with Crippen molar-refractivity contribution in [3.8, 4) is 10.6 Å². The number of thiazole rings is 1. The summed E-state index contributed by atoms with van der Waals surface area (Å²) in [6, 6.07) is 5.36. The van der Waals surface area contributed by atoms with Crippen molar-refractivity contribution in [2.75, 3.05) is 6.54 Å². The molecule has 20 heavy (non-hydrogen) atoms. The first-order chi connectivity index (χ1) is 9.67. The number of fused-ring (bicyclic) bond motifs is 1. The maximum Gasteiger partial charge on any atom is 0.125 e. The zero-order valence-electron chi connectivity index (χ0n) is 11.2. The van der Waals surface area contributed by atoms with Gasteiger partial charge in [-0.2, -0.15) is 0 Å². The Morgan fingerprint density at radius 3 is 3.05 bits per heavy atom. The summed E-state index contributed by atoms with van der Waals surface area (Å²) < 4.78 is 14.3. The van der Waals surface area contributed by atoms with Crippen molar-refractivity contribution in [2.45, 2.75) is 32.2 Å². The van der Waals surface area contributed by atoms with Crippen LogP contribution >= 0.6 is 27.3 Å². The fourth-order valence-electron chi connectivity index (χ4n) is 2.66. The Labute approximate surface area is 130 Å². The van der Waals surface area contributed by atoms with Crippen molar-refractivity contribution < 1.29 is 4.39 Å². The van der Waals surface area contributed by atoms with Crippen LogP contribution in [0.1, 0.15) is 36.4 Å². The predicted octanol–water partition coefficient (Wildman–Crippen LogP) is 4.70. The second-order valence-electron chi connectivity index (χ2n) is 4.99. The maximum atomic E-state index is 13.5. The Balaban J connectivity index is 2.00. The van der Waals surface area contributed by atoms with Gasteiger partial charge in [-0.05, 0) is 44.0 Å². The molecule has 2 aromatic rings. The molecule has 1 N–H and O–H groups in total. The monoisotopic (exact) mass is 354 g/mol. The molecule has 3 rings (SSSR count). The highest BCUT2D eigenvalue weighted by Gasteiger charge is 2.24. The van der Waals surface area contributed by atoms with Gasteiger partial charge in [0.15, 0.2) is 0 Å². The number of hydrogen-bond donors (Lipinski definition) is 1. The highest BCUT2D eigenvalue weighted by Crippen LogP contribution is 2.38. The number of nitrogens with one attached hydrogen (secondary N) is 1. The van der Waals surface area contributed by atoms with Crippen molar-refractivity contribution in [1.29, 1.82) is 0 Å². The van der Waals surface area contributed by atoms with Gasteiger partial charge in [0.1, 0.15) is 10.8 Å².